The van der Waals surface area contributed by atoms with Crippen LogP contribution in [0, 0.1) is 21.4 Å². The van der Waals surface area contributed by atoms with Crippen LogP contribution in [0.1, 0.15) is 16.8 Å². The highest BCUT2D eigenvalue weighted by Gasteiger charge is 2.14. The van der Waals surface area contributed by atoms with Gasteiger partial charge in [-0.25, -0.2) is 0 Å². The number of hydrogen-bond acceptors (Lipinski definition) is 3. The van der Waals surface area contributed by atoms with Crippen molar-refractivity contribution in [2.45, 2.75) is 6.42 Å². The Morgan fingerprint density at radius 3 is 2.76 bits per heavy atom. The van der Waals surface area contributed by atoms with Crippen molar-refractivity contribution in [1.82, 2.24) is 4.98 Å². The van der Waals surface area contributed by atoms with E-state index in [4.69, 9.17) is 5.26 Å². The molecule has 2 aromatic rings. The van der Waals surface area contributed by atoms with Gasteiger partial charge in [0.25, 0.3) is 5.69 Å². The summed E-state index contributed by atoms with van der Waals surface area (Å²) < 4.78 is 0. The van der Waals surface area contributed by atoms with E-state index < -0.39 is 4.92 Å². The molecule has 0 aliphatic rings. The molecule has 1 aromatic heterocycles. The molecule has 2 rings (SSSR count). The SMILES string of the molecule is N#Cc1[nH]ccc1Cc1ccccc1[N+](=O)[O-]. The lowest BCUT2D eigenvalue weighted by atomic mass is 10.0. The van der Waals surface area contributed by atoms with E-state index in [1.807, 2.05) is 6.07 Å². The van der Waals surface area contributed by atoms with Crippen LogP contribution in [-0.2, 0) is 6.42 Å². The van der Waals surface area contributed by atoms with Crippen LogP contribution < -0.4 is 0 Å². The Morgan fingerprint density at radius 2 is 2.06 bits per heavy atom. The third-order valence-corrected chi connectivity index (χ3v) is 2.51. The molecule has 0 spiro atoms. The Kier molecular flexibility index (Phi) is 2.88. The number of aromatic nitrogens is 1. The van der Waals surface area contributed by atoms with Gasteiger partial charge in [0.05, 0.1) is 4.92 Å². The number of nitro benzene ring substituents is 1. The number of nitriles is 1. The van der Waals surface area contributed by atoms with Crippen molar-refractivity contribution in [3.05, 3.63) is 63.5 Å². The van der Waals surface area contributed by atoms with Crippen molar-refractivity contribution in [3.63, 3.8) is 0 Å². The second-order valence-electron chi connectivity index (χ2n) is 3.55. The molecule has 0 radical (unpaired) electrons. The van der Waals surface area contributed by atoms with E-state index >= 15 is 0 Å². The zero-order chi connectivity index (χ0) is 12.3. The Hall–Kier alpha value is -2.61. The molecule has 0 aliphatic heterocycles. The number of para-hydroxylation sites is 1. The van der Waals surface area contributed by atoms with E-state index in [1.165, 1.54) is 6.07 Å². The summed E-state index contributed by atoms with van der Waals surface area (Å²) in [6.07, 6.45) is 2.03. The summed E-state index contributed by atoms with van der Waals surface area (Å²) in [4.78, 5) is 13.2. The number of nitrogens with zero attached hydrogens (tertiary/aromatic N) is 2. The second kappa shape index (κ2) is 4.49. The van der Waals surface area contributed by atoms with Crippen LogP contribution in [0.2, 0.25) is 0 Å². The van der Waals surface area contributed by atoms with E-state index in [0.29, 0.717) is 17.7 Å². The van der Waals surface area contributed by atoms with Crippen molar-refractivity contribution >= 4 is 5.69 Å². The fraction of sp³-hybridized carbons (Fsp3) is 0.0833. The molecule has 0 fully saturated rings. The topological polar surface area (TPSA) is 82.7 Å². The monoisotopic (exact) mass is 227 g/mol. The molecule has 1 aromatic carbocycles. The summed E-state index contributed by atoms with van der Waals surface area (Å²) in [5.41, 5.74) is 1.90. The van der Waals surface area contributed by atoms with Crippen LogP contribution in [0.5, 0.6) is 0 Å². The van der Waals surface area contributed by atoms with Crippen molar-refractivity contribution in [3.8, 4) is 6.07 Å². The first-order valence-corrected chi connectivity index (χ1v) is 5.01. The summed E-state index contributed by atoms with van der Waals surface area (Å²) >= 11 is 0. The molecule has 17 heavy (non-hydrogen) atoms. The lowest BCUT2D eigenvalue weighted by Crippen LogP contribution is -1.96. The standard InChI is InChI=1S/C12H9N3O2/c13-8-11-9(5-6-14-11)7-10-3-1-2-4-12(10)15(16)17/h1-6,14H,7H2. The molecule has 0 bridgehead atoms. The van der Waals surface area contributed by atoms with Gasteiger partial charge in [-0.3, -0.25) is 10.1 Å². The fourth-order valence-corrected chi connectivity index (χ4v) is 1.70. The third kappa shape index (κ3) is 2.16. The number of H-pyrrole nitrogens is 1. The van der Waals surface area contributed by atoms with Crippen LogP contribution >= 0.6 is 0 Å². The number of rotatable bonds is 3. The Morgan fingerprint density at radius 1 is 1.29 bits per heavy atom. The van der Waals surface area contributed by atoms with Crippen LogP contribution in [0.15, 0.2) is 36.5 Å². The molecule has 0 saturated carbocycles. The summed E-state index contributed by atoms with van der Waals surface area (Å²) in [6.45, 7) is 0. The highest BCUT2D eigenvalue weighted by atomic mass is 16.6. The number of benzene rings is 1. The largest absolute Gasteiger partial charge is 0.353 e. The van der Waals surface area contributed by atoms with Crippen molar-refractivity contribution in [2.24, 2.45) is 0 Å². The van der Waals surface area contributed by atoms with Gasteiger partial charge in [0.1, 0.15) is 11.8 Å². The summed E-state index contributed by atoms with van der Waals surface area (Å²) in [5, 5.41) is 19.7. The third-order valence-electron chi connectivity index (χ3n) is 2.51. The number of hydrogen-bond donors (Lipinski definition) is 1. The quantitative estimate of drug-likeness (QED) is 0.645. The van der Waals surface area contributed by atoms with E-state index in [9.17, 15) is 10.1 Å². The Labute approximate surface area is 97.5 Å². The number of nitro groups is 1. The molecule has 0 unspecified atom stereocenters. The van der Waals surface area contributed by atoms with Gasteiger partial charge in [0.15, 0.2) is 0 Å². The maximum atomic E-state index is 10.8. The first kappa shape index (κ1) is 10.9. The maximum Gasteiger partial charge on any atom is 0.272 e. The van der Waals surface area contributed by atoms with Crippen LogP contribution in [-0.4, -0.2) is 9.91 Å². The van der Waals surface area contributed by atoms with E-state index in [-0.39, 0.29) is 5.69 Å². The minimum Gasteiger partial charge on any atom is -0.353 e. The first-order chi connectivity index (χ1) is 8.22. The van der Waals surface area contributed by atoms with Crippen molar-refractivity contribution in [1.29, 1.82) is 5.26 Å². The predicted octanol–water partition coefficient (Wildman–Crippen LogP) is 2.39. The molecule has 84 valence electrons. The van der Waals surface area contributed by atoms with Gasteiger partial charge >= 0.3 is 0 Å². The minimum atomic E-state index is -0.409. The van der Waals surface area contributed by atoms with Crippen LogP contribution in [0.3, 0.4) is 0 Å². The lowest BCUT2D eigenvalue weighted by molar-refractivity contribution is -0.385. The van der Waals surface area contributed by atoms with E-state index in [1.54, 1.807) is 30.5 Å². The number of nitrogens with one attached hydrogen (secondary N) is 1. The van der Waals surface area contributed by atoms with E-state index in [0.717, 1.165) is 5.56 Å². The Balaban J connectivity index is 2.37. The molecular formula is C12H9N3O2. The molecule has 0 amide bonds. The van der Waals surface area contributed by atoms with Crippen molar-refractivity contribution in [2.75, 3.05) is 0 Å². The smallest absolute Gasteiger partial charge is 0.272 e. The fourth-order valence-electron chi connectivity index (χ4n) is 1.70. The van der Waals surface area contributed by atoms with Crippen molar-refractivity contribution < 1.29 is 4.92 Å². The molecule has 1 heterocycles. The lowest BCUT2D eigenvalue weighted by Gasteiger charge is -2.01. The summed E-state index contributed by atoms with van der Waals surface area (Å²) in [7, 11) is 0. The molecule has 5 heteroatoms. The van der Waals surface area contributed by atoms with Crippen LogP contribution in [0.25, 0.3) is 0 Å². The normalized spacial score (nSPS) is 9.82. The minimum absolute atomic E-state index is 0.0811. The van der Waals surface area contributed by atoms with Gasteiger partial charge in [-0.15, -0.1) is 0 Å². The molecule has 0 atom stereocenters. The number of aromatic amines is 1. The van der Waals surface area contributed by atoms with E-state index in [2.05, 4.69) is 4.98 Å². The molecule has 0 aliphatic carbocycles. The average molecular weight is 227 g/mol. The highest BCUT2D eigenvalue weighted by molar-refractivity contribution is 5.45. The van der Waals surface area contributed by atoms with Gasteiger partial charge < -0.3 is 4.98 Å². The van der Waals surface area contributed by atoms with Gasteiger partial charge in [-0.2, -0.15) is 5.26 Å². The summed E-state index contributed by atoms with van der Waals surface area (Å²) in [5.74, 6) is 0. The second-order valence-corrected chi connectivity index (χ2v) is 3.55. The molecule has 5 nitrogen and oxygen atoms in total. The van der Waals surface area contributed by atoms with Gasteiger partial charge in [0, 0.05) is 24.2 Å². The maximum absolute atomic E-state index is 10.8. The molecule has 1 N–H and O–H groups in total. The van der Waals surface area contributed by atoms with Gasteiger partial charge in [-0.05, 0) is 11.6 Å². The molecule has 0 saturated heterocycles. The first-order valence-electron chi connectivity index (χ1n) is 5.01. The van der Waals surface area contributed by atoms with Crippen LogP contribution in [0.4, 0.5) is 5.69 Å². The zero-order valence-electron chi connectivity index (χ0n) is 8.88. The Bertz CT molecular complexity index is 596. The zero-order valence-corrected chi connectivity index (χ0v) is 8.88. The predicted molar refractivity (Wildman–Crippen MR) is 61.4 cm³/mol. The summed E-state index contributed by atoms with van der Waals surface area (Å²) in [6, 6.07) is 10.3. The molecular weight excluding hydrogens is 218 g/mol. The highest BCUT2D eigenvalue weighted by Crippen LogP contribution is 2.22. The van der Waals surface area contributed by atoms with Gasteiger partial charge in [0.2, 0.25) is 0 Å². The average Bonchev–Trinajstić information content (AvgIpc) is 2.77. The van der Waals surface area contributed by atoms with Gasteiger partial charge in [-0.1, -0.05) is 18.2 Å².